The van der Waals surface area contributed by atoms with Crippen LogP contribution in [0.5, 0.6) is 0 Å². The van der Waals surface area contributed by atoms with E-state index >= 15 is 0 Å². The van der Waals surface area contributed by atoms with Crippen molar-refractivity contribution in [2.45, 2.75) is 59.2 Å². The van der Waals surface area contributed by atoms with E-state index in [-0.39, 0.29) is 18.3 Å². The Hall–Kier alpha value is -1.00. The lowest BCUT2D eigenvalue weighted by molar-refractivity contribution is 0.0925. The number of rotatable bonds is 3. The Bertz CT molecular complexity index is 470. The molecule has 5 heteroatoms. The second-order valence-corrected chi connectivity index (χ2v) is 5.58. The fraction of sp³-hybridized carbons (Fsp3) is 0.667. The van der Waals surface area contributed by atoms with Crippen molar-refractivity contribution in [1.82, 2.24) is 15.2 Å². The van der Waals surface area contributed by atoms with E-state index in [1.807, 2.05) is 13.0 Å². The first-order valence-electron chi connectivity index (χ1n) is 7.24. The Labute approximate surface area is 127 Å². The number of nitrogens with zero attached hydrogens (tertiary/aromatic N) is 1. The van der Waals surface area contributed by atoms with Crippen LogP contribution in [-0.2, 0) is 6.54 Å². The molecule has 1 aliphatic rings. The quantitative estimate of drug-likeness (QED) is 0.900. The molecule has 2 heterocycles. The van der Waals surface area contributed by atoms with E-state index in [1.165, 1.54) is 0 Å². The van der Waals surface area contributed by atoms with Crippen LogP contribution in [0.15, 0.2) is 6.07 Å². The average molecular weight is 300 g/mol. The van der Waals surface area contributed by atoms with Gasteiger partial charge in [0.05, 0.1) is 5.56 Å². The lowest BCUT2D eigenvalue weighted by atomic mass is 10.0. The Morgan fingerprint density at radius 3 is 2.75 bits per heavy atom. The summed E-state index contributed by atoms with van der Waals surface area (Å²) in [5, 5.41) is 6.58. The molecule has 2 N–H and O–H groups in total. The van der Waals surface area contributed by atoms with E-state index in [1.54, 1.807) is 0 Å². The van der Waals surface area contributed by atoms with E-state index in [2.05, 4.69) is 36.0 Å². The molecule has 1 aliphatic heterocycles. The highest BCUT2D eigenvalue weighted by molar-refractivity contribution is 5.95. The van der Waals surface area contributed by atoms with Crippen LogP contribution in [0.4, 0.5) is 0 Å². The van der Waals surface area contributed by atoms with Gasteiger partial charge in [-0.1, -0.05) is 0 Å². The molecular formula is C15H26ClN3O. The van der Waals surface area contributed by atoms with Crippen molar-refractivity contribution in [3.05, 3.63) is 23.0 Å². The molecule has 1 saturated heterocycles. The molecule has 1 aromatic rings. The molecule has 2 unspecified atom stereocenters. The molecule has 0 bridgehead atoms. The van der Waals surface area contributed by atoms with Crippen LogP contribution in [-0.4, -0.2) is 29.1 Å². The number of carbonyl (C=O) groups is 1. The summed E-state index contributed by atoms with van der Waals surface area (Å²) < 4.78 is 2.18. The van der Waals surface area contributed by atoms with Crippen LogP contribution in [0.3, 0.4) is 0 Å². The van der Waals surface area contributed by atoms with Gasteiger partial charge in [-0.2, -0.15) is 0 Å². The van der Waals surface area contributed by atoms with Crippen LogP contribution >= 0.6 is 12.4 Å². The molecular weight excluding hydrogens is 274 g/mol. The molecule has 4 nitrogen and oxygen atoms in total. The molecule has 20 heavy (non-hydrogen) atoms. The first kappa shape index (κ1) is 17.1. The van der Waals surface area contributed by atoms with Crippen molar-refractivity contribution in [1.29, 1.82) is 0 Å². The summed E-state index contributed by atoms with van der Waals surface area (Å²) >= 11 is 0. The number of aryl methyl sites for hydroxylation is 1. The SMILES string of the molecule is CCn1c(C)cc(C(=O)NC2CCNC(C)C2)c1C.Cl. The summed E-state index contributed by atoms with van der Waals surface area (Å²) in [5.41, 5.74) is 3.05. The van der Waals surface area contributed by atoms with Gasteiger partial charge in [-0.15, -0.1) is 12.4 Å². The smallest absolute Gasteiger partial charge is 0.253 e. The third kappa shape index (κ3) is 3.55. The largest absolute Gasteiger partial charge is 0.349 e. The molecule has 0 aliphatic carbocycles. The Morgan fingerprint density at radius 1 is 1.50 bits per heavy atom. The number of carbonyl (C=O) groups excluding carboxylic acids is 1. The third-order valence-electron chi connectivity index (χ3n) is 4.09. The average Bonchev–Trinajstić information content (AvgIpc) is 2.64. The number of nitrogens with one attached hydrogen (secondary N) is 2. The summed E-state index contributed by atoms with van der Waals surface area (Å²) in [5.74, 6) is 0.0758. The predicted octanol–water partition coefficient (Wildman–Crippen LogP) is 2.42. The minimum atomic E-state index is 0. The predicted molar refractivity (Wildman–Crippen MR) is 84.8 cm³/mol. The van der Waals surface area contributed by atoms with Crippen LogP contribution in [0.1, 0.15) is 48.4 Å². The Morgan fingerprint density at radius 2 is 2.20 bits per heavy atom. The van der Waals surface area contributed by atoms with Crippen LogP contribution in [0.25, 0.3) is 0 Å². The van der Waals surface area contributed by atoms with Crippen molar-refractivity contribution in [3.63, 3.8) is 0 Å². The van der Waals surface area contributed by atoms with Crippen LogP contribution in [0.2, 0.25) is 0 Å². The van der Waals surface area contributed by atoms with Gasteiger partial charge in [0, 0.05) is 30.0 Å². The van der Waals surface area contributed by atoms with Gasteiger partial charge in [0.2, 0.25) is 0 Å². The number of halogens is 1. The second kappa shape index (κ2) is 7.14. The zero-order chi connectivity index (χ0) is 14.0. The molecule has 1 amide bonds. The Balaban J connectivity index is 0.00000200. The van der Waals surface area contributed by atoms with Crippen molar-refractivity contribution in [2.24, 2.45) is 0 Å². The van der Waals surface area contributed by atoms with Crippen molar-refractivity contribution in [2.75, 3.05) is 6.54 Å². The molecule has 114 valence electrons. The van der Waals surface area contributed by atoms with Gasteiger partial charge in [-0.25, -0.2) is 0 Å². The lowest BCUT2D eigenvalue weighted by Gasteiger charge is -2.28. The summed E-state index contributed by atoms with van der Waals surface area (Å²) in [6.07, 6.45) is 2.03. The van der Waals surface area contributed by atoms with E-state index < -0.39 is 0 Å². The molecule has 2 rings (SSSR count). The van der Waals surface area contributed by atoms with Gasteiger partial charge in [0.1, 0.15) is 0 Å². The fourth-order valence-corrected chi connectivity index (χ4v) is 3.04. The van der Waals surface area contributed by atoms with Crippen LogP contribution in [0, 0.1) is 13.8 Å². The minimum absolute atomic E-state index is 0. The monoisotopic (exact) mass is 299 g/mol. The third-order valence-corrected chi connectivity index (χ3v) is 4.09. The number of piperidine rings is 1. The molecule has 0 spiro atoms. The maximum Gasteiger partial charge on any atom is 0.253 e. The highest BCUT2D eigenvalue weighted by Crippen LogP contribution is 2.16. The summed E-state index contributed by atoms with van der Waals surface area (Å²) in [4.78, 5) is 12.4. The highest BCUT2D eigenvalue weighted by Gasteiger charge is 2.22. The van der Waals surface area contributed by atoms with Gasteiger partial charge >= 0.3 is 0 Å². The van der Waals surface area contributed by atoms with Crippen molar-refractivity contribution >= 4 is 18.3 Å². The maximum absolute atomic E-state index is 12.4. The Kier molecular flexibility index (Phi) is 6.08. The lowest BCUT2D eigenvalue weighted by Crippen LogP contribution is -2.46. The van der Waals surface area contributed by atoms with Gasteiger partial charge < -0.3 is 15.2 Å². The van der Waals surface area contributed by atoms with Crippen LogP contribution < -0.4 is 10.6 Å². The van der Waals surface area contributed by atoms with E-state index in [9.17, 15) is 4.79 Å². The van der Waals surface area contributed by atoms with Crippen molar-refractivity contribution < 1.29 is 4.79 Å². The van der Waals surface area contributed by atoms with E-state index in [4.69, 9.17) is 0 Å². The number of hydrogen-bond acceptors (Lipinski definition) is 2. The maximum atomic E-state index is 12.4. The standard InChI is InChI=1S/C15H25N3O.ClH/c1-5-18-11(3)9-14(12(18)4)15(19)17-13-6-7-16-10(2)8-13;/h9-10,13,16H,5-8H2,1-4H3,(H,17,19);1H. The number of aromatic nitrogens is 1. The van der Waals surface area contributed by atoms with Crippen molar-refractivity contribution in [3.8, 4) is 0 Å². The van der Waals surface area contributed by atoms with Gasteiger partial charge in [0.25, 0.3) is 5.91 Å². The molecule has 0 radical (unpaired) electrons. The summed E-state index contributed by atoms with van der Waals surface area (Å²) in [7, 11) is 0. The molecule has 1 fully saturated rings. The highest BCUT2D eigenvalue weighted by atomic mass is 35.5. The zero-order valence-electron chi connectivity index (χ0n) is 12.8. The molecule has 0 saturated carbocycles. The molecule has 1 aromatic heterocycles. The summed E-state index contributed by atoms with van der Waals surface area (Å²) in [6.45, 7) is 10.3. The normalized spacial score (nSPS) is 22.2. The molecule has 0 aromatic carbocycles. The topological polar surface area (TPSA) is 46.1 Å². The second-order valence-electron chi connectivity index (χ2n) is 5.58. The summed E-state index contributed by atoms with van der Waals surface area (Å²) in [6, 6.07) is 2.79. The van der Waals surface area contributed by atoms with Gasteiger partial charge in [-0.3, -0.25) is 4.79 Å². The number of amides is 1. The van der Waals surface area contributed by atoms with Gasteiger partial charge in [0.15, 0.2) is 0 Å². The van der Waals surface area contributed by atoms with E-state index in [0.717, 1.165) is 42.9 Å². The van der Waals surface area contributed by atoms with Gasteiger partial charge in [-0.05, 0) is 53.1 Å². The molecule has 2 atom stereocenters. The number of hydrogen-bond donors (Lipinski definition) is 2. The first-order chi connectivity index (χ1) is 9.02. The fourth-order valence-electron chi connectivity index (χ4n) is 3.04. The van der Waals surface area contributed by atoms with E-state index in [0.29, 0.717) is 12.1 Å². The zero-order valence-corrected chi connectivity index (χ0v) is 13.6. The first-order valence-corrected chi connectivity index (χ1v) is 7.24. The minimum Gasteiger partial charge on any atom is -0.349 e.